The van der Waals surface area contributed by atoms with Crippen molar-refractivity contribution in [3.8, 4) is 0 Å². The molecule has 0 heterocycles. The van der Waals surface area contributed by atoms with Crippen LogP contribution in [0.15, 0.2) is 12.1 Å². The maximum absolute atomic E-state index is 14.1. The first-order valence-electron chi connectivity index (χ1n) is 7.00. The topological polar surface area (TPSA) is 29.3 Å². The van der Waals surface area contributed by atoms with Crippen molar-refractivity contribution in [1.29, 1.82) is 0 Å². The van der Waals surface area contributed by atoms with E-state index in [9.17, 15) is 8.78 Å². The molecular weight excluding hydrogens is 246 g/mol. The van der Waals surface area contributed by atoms with Gasteiger partial charge in [-0.05, 0) is 30.9 Å². The number of halogens is 2. The molecule has 1 fully saturated rings. The molecule has 1 aliphatic carbocycles. The number of anilines is 2. The van der Waals surface area contributed by atoms with Crippen LogP contribution in [-0.2, 0) is 0 Å². The van der Waals surface area contributed by atoms with Gasteiger partial charge in [-0.3, -0.25) is 0 Å². The number of hydrogen-bond donors (Lipinski definition) is 1. The maximum Gasteiger partial charge on any atom is 0.184 e. The number of nitrogen functional groups attached to an aromatic ring is 1. The minimum absolute atomic E-state index is 0.251. The Labute approximate surface area is 113 Å². The van der Waals surface area contributed by atoms with Crippen LogP contribution in [0.5, 0.6) is 0 Å². The summed E-state index contributed by atoms with van der Waals surface area (Å²) in [6, 6.07) is 2.83. The highest BCUT2D eigenvalue weighted by Crippen LogP contribution is 2.35. The highest BCUT2D eigenvalue weighted by atomic mass is 19.2. The predicted octanol–water partition coefficient (Wildman–Crippen LogP) is 3.95. The van der Waals surface area contributed by atoms with E-state index in [0.29, 0.717) is 18.2 Å². The smallest absolute Gasteiger partial charge is 0.184 e. The van der Waals surface area contributed by atoms with Crippen LogP contribution in [0.25, 0.3) is 0 Å². The van der Waals surface area contributed by atoms with E-state index >= 15 is 0 Å². The van der Waals surface area contributed by atoms with Crippen molar-refractivity contribution in [2.75, 3.05) is 17.2 Å². The summed E-state index contributed by atoms with van der Waals surface area (Å²) in [5.74, 6) is -1.26. The second kappa shape index (κ2) is 5.76. The molecule has 1 aliphatic rings. The summed E-state index contributed by atoms with van der Waals surface area (Å²) in [5.41, 5.74) is 6.46. The Kier molecular flexibility index (Phi) is 4.27. The van der Waals surface area contributed by atoms with Crippen LogP contribution in [0.1, 0.15) is 39.5 Å². The molecule has 19 heavy (non-hydrogen) atoms. The van der Waals surface area contributed by atoms with Gasteiger partial charge in [0.1, 0.15) is 0 Å². The molecule has 1 aromatic rings. The van der Waals surface area contributed by atoms with E-state index in [1.54, 1.807) is 0 Å². The normalized spacial score (nSPS) is 16.3. The summed E-state index contributed by atoms with van der Waals surface area (Å²) in [7, 11) is 0. The number of rotatable bonds is 4. The molecule has 0 aromatic heterocycles. The van der Waals surface area contributed by atoms with Gasteiger partial charge in [0, 0.05) is 12.6 Å². The second-order valence-corrected chi connectivity index (χ2v) is 5.78. The third-order valence-corrected chi connectivity index (χ3v) is 3.71. The van der Waals surface area contributed by atoms with Gasteiger partial charge in [0.2, 0.25) is 0 Å². The SMILES string of the molecule is CC(C)CN(c1c(N)ccc(F)c1F)C1CCCC1. The molecule has 0 amide bonds. The van der Waals surface area contributed by atoms with E-state index < -0.39 is 11.6 Å². The van der Waals surface area contributed by atoms with E-state index in [1.165, 1.54) is 6.07 Å². The predicted molar refractivity (Wildman–Crippen MR) is 75.2 cm³/mol. The fourth-order valence-electron chi connectivity index (χ4n) is 2.88. The second-order valence-electron chi connectivity index (χ2n) is 5.78. The Hall–Kier alpha value is -1.32. The molecule has 2 N–H and O–H groups in total. The third kappa shape index (κ3) is 2.99. The average molecular weight is 268 g/mol. The van der Waals surface area contributed by atoms with Crippen molar-refractivity contribution in [3.05, 3.63) is 23.8 Å². The molecule has 106 valence electrons. The minimum Gasteiger partial charge on any atom is -0.397 e. The molecule has 0 atom stereocenters. The van der Waals surface area contributed by atoms with Crippen molar-refractivity contribution >= 4 is 11.4 Å². The zero-order chi connectivity index (χ0) is 14.0. The molecular formula is C15H22F2N2. The first-order valence-corrected chi connectivity index (χ1v) is 7.00. The summed E-state index contributed by atoms with van der Waals surface area (Å²) in [6.45, 7) is 4.86. The zero-order valence-corrected chi connectivity index (χ0v) is 11.6. The van der Waals surface area contributed by atoms with Crippen LogP contribution < -0.4 is 10.6 Å². The van der Waals surface area contributed by atoms with Crippen molar-refractivity contribution in [3.63, 3.8) is 0 Å². The molecule has 1 saturated carbocycles. The lowest BCUT2D eigenvalue weighted by Crippen LogP contribution is -2.37. The molecule has 0 aliphatic heterocycles. The van der Waals surface area contributed by atoms with Crippen molar-refractivity contribution in [2.45, 2.75) is 45.6 Å². The van der Waals surface area contributed by atoms with E-state index in [2.05, 4.69) is 13.8 Å². The first-order chi connectivity index (χ1) is 9.00. The van der Waals surface area contributed by atoms with Crippen molar-refractivity contribution < 1.29 is 8.78 Å². The van der Waals surface area contributed by atoms with Gasteiger partial charge < -0.3 is 10.6 Å². The van der Waals surface area contributed by atoms with Gasteiger partial charge in [0.25, 0.3) is 0 Å². The third-order valence-electron chi connectivity index (χ3n) is 3.71. The molecule has 0 spiro atoms. The van der Waals surface area contributed by atoms with E-state index in [1.807, 2.05) is 4.90 Å². The minimum atomic E-state index is -0.823. The number of hydrogen-bond acceptors (Lipinski definition) is 2. The zero-order valence-electron chi connectivity index (χ0n) is 11.6. The van der Waals surface area contributed by atoms with Gasteiger partial charge in [-0.25, -0.2) is 8.78 Å². The lowest BCUT2D eigenvalue weighted by atomic mass is 10.1. The van der Waals surface area contributed by atoms with E-state index in [4.69, 9.17) is 5.73 Å². The van der Waals surface area contributed by atoms with E-state index in [0.717, 1.165) is 31.7 Å². The molecule has 0 unspecified atom stereocenters. The summed E-state index contributed by atoms with van der Waals surface area (Å²) in [4.78, 5) is 1.98. The maximum atomic E-state index is 14.1. The molecule has 0 bridgehead atoms. The number of nitrogens with zero attached hydrogens (tertiary/aromatic N) is 1. The van der Waals surface area contributed by atoms with Gasteiger partial charge >= 0.3 is 0 Å². The van der Waals surface area contributed by atoms with Crippen LogP contribution in [0.3, 0.4) is 0 Å². The van der Waals surface area contributed by atoms with Crippen LogP contribution in [0.4, 0.5) is 20.2 Å². The van der Waals surface area contributed by atoms with Gasteiger partial charge in [-0.1, -0.05) is 26.7 Å². The fraction of sp³-hybridized carbons (Fsp3) is 0.600. The Morgan fingerprint density at radius 3 is 2.47 bits per heavy atom. The Morgan fingerprint density at radius 1 is 1.26 bits per heavy atom. The first kappa shape index (κ1) is 14.1. The van der Waals surface area contributed by atoms with Crippen LogP contribution in [0, 0.1) is 17.6 Å². The molecule has 2 rings (SSSR count). The summed E-state index contributed by atoms with van der Waals surface area (Å²) >= 11 is 0. The fourth-order valence-corrected chi connectivity index (χ4v) is 2.88. The lowest BCUT2D eigenvalue weighted by Gasteiger charge is -2.34. The van der Waals surface area contributed by atoms with Gasteiger partial charge in [0.15, 0.2) is 11.6 Å². The van der Waals surface area contributed by atoms with Crippen LogP contribution in [-0.4, -0.2) is 12.6 Å². The quantitative estimate of drug-likeness (QED) is 0.838. The standard InChI is InChI=1S/C15H22F2N2/c1-10(2)9-19(11-5-3-4-6-11)15-13(18)8-7-12(16)14(15)17/h7-8,10-11H,3-6,9,18H2,1-2H3. The Morgan fingerprint density at radius 2 is 1.89 bits per heavy atom. The molecule has 4 heteroatoms. The lowest BCUT2D eigenvalue weighted by molar-refractivity contribution is 0.486. The van der Waals surface area contributed by atoms with Crippen molar-refractivity contribution in [1.82, 2.24) is 0 Å². The van der Waals surface area contributed by atoms with E-state index in [-0.39, 0.29) is 11.7 Å². The number of benzene rings is 1. The average Bonchev–Trinajstić information content (AvgIpc) is 2.86. The van der Waals surface area contributed by atoms with Gasteiger partial charge in [-0.2, -0.15) is 0 Å². The van der Waals surface area contributed by atoms with Crippen molar-refractivity contribution in [2.24, 2.45) is 5.92 Å². The van der Waals surface area contributed by atoms with Crippen LogP contribution in [0.2, 0.25) is 0 Å². The molecule has 0 saturated heterocycles. The Balaban J connectivity index is 2.39. The Bertz CT molecular complexity index is 440. The monoisotopic (exact) mass is 268 g/mol. The molecule has 2 nitrogen and oxygen atoms in total. The van der Waals surface area contributed by atoms with Crippen LogP contribution >= 0.6 is 0 Å². The summed E-state index contributed by atoms with van der Waals surface area (Å²) in [5, 5.41) is 0. The largest absolute Gasteiger partial charge is 0.397 e. The molecule has 1 aromatic carbocycles. The van der Waals surface area contributed by atoms with Gasteiger partial charge in [0.05, 0.1) is 11.4 Å². The summed E-state index contributed by atoms with van der Waals surface area (Å²) in [6.07, 6.45) is 4.36. The highest BCUT2D eigenvalue weighted by Gasteiger charge is 2.28. The highest BCUT2D eigenvalue weighted by molar-refractivity contribution is 5.69. The van der Waals surface area contributed by atoms with Gasteiger partial charge in [-0.15, -0.1) is 0 Å². The summed E-state index contributed by atoms with van der Waals surface area (Å²) < 4.78 is 27.6. The molecule has 0 radical (unpaired) electrons. The number of nitrogens with two attached hydrogens (primary N) is 1.